The van der Waals surface area contributed by atoms with Crippen LogP contribution in [0.4, 0.5) is 0 Å². The Bertz CT molecular complexity index is 508. The Balaban J connectivity index is 1.70. The molecule has 0 spiro atoms. The molecule has 0 radical (unpaired) electrons. The molecule has 1 fully saturated rings. The van der Waals surface area contributed by atoms with Gasteiger partial charge >= 0.3 is 0 Å². The predicted octanol–water partition coefficient (Wildman–Crippen LogP) is 2.20. The van der Waals surface area contributed by atoms with Gasteiger partial charge in [-0.1, -0.05) is 12.1 Å². The average Bonchev–Trinajstić information content (AvgIpc) is 2.54. The number of hydrogen-bond donors (Lipinski definition) is 0. The summed E-state index contributed by atoms with van der Waals surface area (Å²) in [5, 5.41) is 0. The minimum absolute atomic E-state index is 0.123. The Labute approximate surface area is 145 Å². The van der Waals surface area contributed by atoms with Gasteiger partial charge in [0.15, 0.2) is 0 Å². The smallest absolute Gasteiger partial charge is 0.236 e. The fourth-order valence-corrected chi connectivity index (χ4v) is 3.14. The van der Waals surface area contributed by atoms with Crippen LogP contribution in [0.3, 0.4) is 0 Å². The summed E-state index contributed by atoms with van der Waals surface area (Å²) in [5.74, 6) is 1.08. The van der Waals surface area contributed by atoms with E-state index < -0.39 is 0 Å². The van der Waals surface area contributed by atoms with Gasteiger partial charge in [0.1, 0.15) is 5.75 Å². The van der Waals surface area contributed by atoms with E-state index in [1.54, 1.807) is 7.11 Å². The molecule has 0 aliphatic carbocycles. The molecule has 24 heavy (non-hydrogen) atoms. The predicted molar refractivity (Wildman–Crippen MR) is 95.4 cm³/mol. The number of ether oxygens (including phenoxy) is 2. The third kappa shape index (κ3) is 5.80. The maximum Gasteiger partial charge on any atom is 0.236 e. The van der Waals surface area contributed by atoms with Crippen molar-refractivity contribution in [1.82, 2.24) is 9.80 Å². The van der Waals surface area contributed by atoms with Crippen LogP contribution in [0.25, 0.3) is 0 Å². The van der Waals surface area contributed by atoms with Gasteiger partial charge in [-0.25, -0.2) is 0 Å². The maximum absolute atomic E-state index is 12.4. The molecule has 2 atom stereocenters. The number of morpholine rings is 1. The summed E-state index contributed by atoms with van der Waals surface area (Å²) in [7, 11) is 3.69. The van der Waals surface area contributed by atoms with Crippen molar-refractivity contribution in [3.05, 3.63) is 29.8 Å². The SMILES string of the molecule is COc1ccc(CCCN(C)CC(=O)N2CC(C)OC(C)C2)cc1. The number of aryl methyl sites for hydroxylation is 1. The lowest BCUT2D eigenvalue weighted by atomic mass is 10.1. The van der Waals surface area contributed by atoms with Crippen molar-refractivity contribution >= 4 is 5.91 Å². The fourth-order valence-electron chi connectivity index (χ4n) is 3.14. The van der Waals surface area contributed by atoms with Crippen LogP contribution < -0.4 is 4.74 Å². The average molecular weight is 334 g/mol. The molecule has 5 nitrogen and oxygen atoms in total. The Kier molecular flexibility index (Phi) is 7.06. The lowest BCUT2D eigenvalue weighted by molar-refractivity contribution is -0.144. The molecule has 1 aromatic carbocycles. The zero-order valence-corrected chi connectivity index (χ0v) is 15.3. The standard InChI is InChI=1S/C19H30N2O3/c1-15-12-21(13-16(2)24-15)19(22)14-20(3)11-5-6-17-7-9-18(23-4)10-8-17/h7-10,15-16H,5-6,11-14H2,1-4H3. The van der Waals surface area contributed by atoms with Gasteiger partial charge in [0.25, 0.3) is 0 Å². The highest BCUT2D eigenvalue weighted by Gasteiger charge is 2.26. The Morgan fingerprint density at radius 3 is 2.46 bits per heavy atom. The van der Waals surface area contributed by atoms with Gasteiger partial charge in [0.2, 0.25) is 5.91 Å². The molecule has 1 aromatic rings. The molecule has 1 amide bonds. The Morgan fingerprint density at radius 2 is 1.88 bits per heavy atom. The van der Waals surface area contributed by atoms with Gasteiger partial charge in [-0.05, 0) is 58.0 Å². The van der Waals surface area contributed by atoms with E-state index in [0.29, 0.717) is 19.6 Å². The minimum Gasteiger partial charge on any atom is -0.497 e. The molecular formula is C19H30N2O3. The zero-order valence-electron chi connectivity index (χ0n) is 15.3. The summed E-state index contributed by atoms with van der Waals surface area (Å²) in [4.78, 5) is 16.5. The first-order valence-electron chi connectivity index (χ1n) is 8.72. The molecule has 1 saturated heterocycles. The van der Waals surface area contributed by atoms with Crippen molar-refractivity contribution in [2.24, 2.45) is 0 Å². The van der Waals surface area contributed by atoms with E-state index in [9.17, 15) is 4.79 Å². The highest BCUT2D eigenvalue weighted by Crippen LogP contribution is 2.13. The quantitative estimate of drug-likeness (QED) is 0.767. The number of likely N-dealkylation sites (N-methyl/N-ethyl adjacent to an activating group) is 1. The Morgan fingerprint density at radius 1 is 1.25 bits per heavy atom. The van der Waals surface area contributed by atoms with Gasteiger partial charge in [0.05, 0.1) is 25.9 Å². The molecule has 1 heterocycles. The second-order valence-corrected chi connectivity index (χ2v) is 6.75. The van der Waals surface area contributed by atoms with E-state index >= 15 is 0 Å². The lowest BCUT2D eigenvalue weighted by Crippen LogP contribution is -2.50. The summed E-state index contributed by atoms with van der Waals surface area (Å²) in [6.07, 6.45) is 2.29. The second kappa shape index (κ2) is 9.04. The van der Waals surface area contributed by atoms with Gasteiger partial charge in [-0.2, -0.15) is 0 Å². The normalized spacial score (nSPS) is 21.1. The number of rotatable bonds is 7. The van der Waals surface area contributed by atoms with E-state index in [1.807, 2.05) is 37.9 Å². The second-order valence-electron chi connectivity index (χ2n) is 6.75. The van der Waals surface area contributed by atoms with Crippen molar-refractivity contribution in [2.45, 2.75) is 38.9 Å². The summed E-state index contributed by atoms with van der Waals surface area (Å²) < 4.78 is 10.9. The van der Waals surface area contributed by atoms with Crippen LogP contribution in [0, 0.1) is 0 Å². The van der Waals surface area contributed by atoms with E-state index in [-0.39, 0.29) is 18.1 Å². The van der Waals surface area contributed by atoms with Crippen molar-refractivity contribution in [3.63, 3.8) is 0 Å². The monoisotopic (exact) mass is 334 g/mol. The first kappa shape index (κ1) is 18.7. The van der Waals surface area contributed by atoms with Crippen LogP contribution in [0.15, 0.2) is 24.3 Å². The maximum atomic E-state index is 12.4. The van der Waals surface area contributed by atoms with E-state index in [0.717, 1.165) is 25.1 Å². The molecule has 2 unspecified atom stereocenters. The van der Waals surface area contributed by atoms with E-state index in [2.05, 4.69) is 17.0 Å². The number of hydrogen-bond acceptors (Lipinski definition) is 4. The molecular weight excluding hydrogens is 304 g/mol. The molecule has 1 aliphatic rings. The van der Waals surface area contributed by atoms with Crippen LogP contribution in [0.5, 0.6) is 5.75 Å². The molecule has 1 aliphatic heterocycles. The van der Waals surface area contributed by atoms with E-state index in [1.165, 1.54) is 5.56 Å². The lowest BCUT2D eigenvalue weighted by Gasteiger charge is -2.36. The van der Waals surface area contributed by atoms with Crippen molar-refractivity contribution in [2.75, 3.05) is 40.3 Å². The minimum atomic E-state index is 0.123. The van der Waals surface area contributed by atoms with Gasteiger partial charge in [-0.3, -0.25) is 9.69 Å². The van der Waals surface area contributed by atoms with Crippen LogP contribution >= 0.6 is 0 Å². The first-order chi connectivity index (χ1) is 11.5. The molecule has 2 rings (SSSR count). The van der Waals surface area contributed by atoms with Crippen molar-refractivity contribution in [1.29, 1.82) is 0 Å². The molecule has 0 bridgehead atoms. The van der Waals surface area contributed by atoms with Gasteiger partial charge in [0, 0.05) is 13.1 Å². The van der Waals surface area contributed by atoms with Crippen LogP contribution in [0.2, 0.25) is 0 Å². The number of carbonyl (C=O) groups excluding carboxylic acids is 1. The molecule has 134 valence electrons. The number of amides is 1. The fraction of sp³-hybridized carbons (Fsp3) is 0.632. The number of benzene rings is 1. The highest BCUT2D eigenvalue weighted by molar-refractivity contribution is 5.78. The third-order valence-corrected chi connectivity index (χ3v) is 4.34. The number of carbonyl (C=O) groups is 1. The highest BCUT2D eigenvalue weighted by atomic mass is 16.5. The molecule has 0 saturated carbocycles. The van der Waals surface area contributed by atoms with Gasteiger partial charge in [-0.15, -0.1) is 0 Å². The molecule has 0 aromatic heterocycles. The third-order valence-electron chi connectivity index (χ3n) is 4.34. The summed E-state index contributed by atoms with van der Waals surface area (Å²) in [5.41, 5.74) is 1.30. The first-order valence-corrected chi connectivity index (χ1v) is 8.72. The zero-order chi connectivity index (χ0) is 17.5. The van der Waals surface area contributed by atoms with Crippen LogP contribution in [0.1, 0.15) is 25.8 Å². The largest absolute Gasteiger partial charge is 0.497 e. The summed E-state index contributed by atoms with van der Waals surface area (Å²) >= 11 is 0. The Hall–Kier alpha value is -1.59. The van der Waals surface area contributed by atoms with Crippen molar-refractivity contribution < 1.29 is 14.3 Å². The van der Waals surface area contributed by atoms with Crippen LogP contribution in [-0.4, -0.2) is 68.3 Å². The summed E-state index contributed by atoms with van der Waals surface area (Å²) in [6, 6.07) is 8.17. The molecule has 0 N–H and O–H groups in total. The van der Waals surface area contributed by atoms with Crippen LogP contribution in [-0.2, 0) is 16.0 Å². The van der Waals surface area contributed by atoms with Crippen molar-refractivity contribution in [3.8, 4) is 5.75 Å². The number of methoxy groups -OCH3 is 1. The topological polar surface area (TPSA) is 42.0 Å². The van der Waals surface area contributed by atoms with E-state index in [4.69, 9.17) is 9.47 Å². The number of nitrogens with zero attached hydrogens (tertiary/aromatic N) is 2. The summed E-state index contributed by atoms with van der Waals surface area (Å²) in [6.45, 7) is 6.82. The van der Waals surface area contributed by atoms with Gasteiger partial charge < -0.3 is 14.4 Å². The molecule has 5 heteroatoms.